The van der Waals surface area contributed by atoms with Crippen LogP contribution in [0.2, 0.25) is 10.0 Å². The van der Waals surface area contributed by atoms with Gasteiger partial charge in [0.25, 0.3) is 5.91 Å². The average Bonchev–Trinajstić information content (AvgIpc) is 2.74. The van der Waals surface area contributed by atoms with Crippen LogP contribution in [0.25, 0.3) is 0 Å². The van der Waals surface area contributed by atoms with Gasteiger partial charge < -0.3 is 5.32 Å². The van der Waals surface area contributed by atoms with Gasteiger partial charge in [0.2, 0.25) is 0 Å². The minimum absolute atomic E-state index is 0.128. The lowest BCUT2D eigenvalue weighted by Crippen LogP contribution is -2.25. The van der Waals surface area contributed by atoms with Gasteiger partial charge in [0, 0.05) is 22.2 Å². The van der Waals surface area contributed by atoms with Gasteiger partial charge in [0.05, 0.1) is 18.2 Å². The molecule has 0 spiro atoms. The van der Waals surface area contributed by atoms with Crippen molar-refractivity contribution in [1.29, 1.82) is 0 Å². The summed E-state index contributed by atoms with van der Waals surface area (Å²) in [6.45, 7) is 1.30. The van der Waals surface area contributed by atoms with Crippen molar-refractivity contribution in [1.82, 2.24) is 5.32 Å². The summed E-state index contributed by atoms with van der Waals surface area (Å²) in [4.78, 5) is 20.8. The number of carbonyl (C=O) groups excluding carboxylic acids is 1. The highest BCUT2D eigenvalue weighted by Crippen LogP contribution is 2.23. The molecule has 6 heteroatoms. The molecule has 0 aromatic heterocycles. The molecule has 3 rings (SSSR count). The number of nitrogens with zero attached hydrogens (tertiary/aromatic N) is 2. The summed E-state index contributed by atoms with van der Waals surface area (Å²) in [6.07, 6.45) is 7.14. The van der Waals surface area contributed by atoms with Gasteiger partial charge in [-0.2, -0.15) is 4.99 Å². The molecule has 1 N–H and O–H groups in total. The summed E-state index contributed by atoms with van der Waals surface area (Å²) >= 11 is 12.1. The van der Waals surface area contributed by atoms with Gasteiger partial charge in [-0.3, -0.25) is 4.79 Å². The number of halogens is 2. The van der Waals surface area contributed by atoms with Gasteiger partial charge in [0.15, 0.2) is 0 Å². The standard InChI is InChI=1S/C23H25Cl2N3O/c24-20-9-6-18(22(25)14-20)12-13-27-23(29)19-7-10-21(11-8-19)28-16-26-15-17-4-2-1-3-5-17/h6-11,14,17H,1-5,12-13,15H2,(H,27,29). The SMILES string of the molecule is O=C(NCCc1ccc(Cl)cc1Cl)c1ccc(N=C=NCC2CCCCC2)cc1. The maximum atomic E-state index is 12.3. The van der Waals surface area contributed by atoms with Crippen molar-refractivity contribution in [2.24, 2.45) is 15.9 Å². The third-order valence-corrected chi connectivity index (χ3v) is 5.74. The van der Waals surface area contributed by atoms with E-state index in [4.69, 9.17) is 23.2 Å². The van der Waals surface area contributed by atoms with Gasteiger partial charge in [-0.15, -0.1) is 0 Å². The average molecular weight is 430 g/mol. The normalized spacial score (nSPS) is 14.1. The summed E-state index contributed by atoms with van der Waals surface area (Å²) < 4.78 is 0. The largest absolute Gasteiger partial charge is 0.352 e. The third kappa shape index (κ3) is 7.01. The Morgan fingerprint density at radius 2 is 1.83 bits per heavy atom. The van der Waals surface area contributed by atoms with Crippen LogP contribution in [0.3, 0.4) is 0 Å². The monoisotopic (exact) mass is 429 g/mol. The molecule has 4 nitrogen and oxygen atoms in total. The molecule has 1 aliphatic carbocycles. The van der Waals surface area contributed by atoms with E-state index in [1.165, 1.54) is 32.1 Å². The Morgan fingerprint density at radius 3 is 2.55 bits per heavy atom. The lowest BCUT2D eigenvalue weighted by molar-refractivity contribution is 0.0954. The van der Waals surface area contributed by atoms with Gasteiger partial charge in [-0.1, -0.05) is 48.5 Å². The van der Waals surface area contributed by atoms with E-state index in [1.54, 1.807) is 36.4 Å². The quantitative estimate of drug-likeness (QED) is 0.511. The van der Waals surface area contributed by atoms with E-state index in [2.05, 4.69) is 21.3 Å². The Balaban J connectivity index is 1.46. The van der Waals surface area contributed by atoms with Crippen LogP contribution in [-0.4, -0.2) is 25.0 Å². The molecule has 1 fully saturated rings. The number of benzene rings is 2. The first kappa shape index (κ1) is 21.6. The molecule has 1 aliphatic rings. The van der Waals surface area contributed by atoms with E-state index < -0.39 is 0 Å². The maximum Gasteiger partial charge on any atom is 0.251 e. The second kappa shape index (κ2) is 11.2. The summed E-state index contributed by atoms with van der Waals surface area (Å²) in [5.74, 6) is 0.553. The zero-order valence-corrected chi connectivity index (χ0v) is 17.8. The number of nitrogens with one attached hydrogen (secondary N) is 1. The number of hydrogen-bond acceptors (Lipinski definition) is 3. The molecule has 2 aromatic carbocycles. The van der Waals surface area contributed by atoms with Crippen LogP contribution in [0.1, 0.15) is 48.0 Å². The van der Waals surface area contributed by atoms with Crippen molar-refractivity contribution in [3.8, 4) is 0 Å². The predicted molar refractivity (Wildman–Crippen MR) is 120 cm³/mol. The zero-order chi connectivity index (χ0) is 20.5. The van der Waals surface area contributed by atoms with Crippen LogP contribution in [0.4, 0.5) is 5.69 Å². The number of aliphatic imine (C=N–C) groups is 2. The summed E-state index contributed by atoms with van der Waals surface area (Å²) in [5, 5.41) is 4.11. The molecule has 152 valence electrons. The Hall–Kier alpha value is -2.13. The van der Waals surface area contributed by atoms with Gasteiger partial charge in [-0.05, 0) is 67.1 Å². The van der Waals surface area contributed by atoms with E-state index >= 15 is 0 Å². The number of rotatable bonds is 7. The number of carbonyl (C=O) groups is 1. The minimum atomic E-state index is -0.128. The van der Waals surface area contributed by atoms with E-state index in [-0.39, 0.29) is 5.91 Å². The number of hydrogen-bond donors (Lipinski definition) is 1. The Bertz CT molecular complexity index is 883. The highest BCUT2D eigenvalue weighted by Gasteiger charge is 2.12. The van der Waals surface area contributed by atoms with Gasteiger partial charge in [-0.25, -0.2) is 4.99 Å². The molecule has 1 amide bonds. The fourth-order valence-electron chi connectivity index (χ4n) is 3.46. The highest BCUT2D eigenvalue weighted by atomic mass is 35.5. The van der Waals surface area contributed by atoms with Crippen molar-refractivity contribution < 1.29 is 4.79 Å². The number of amides is 1. The fourth-order valence-corrected chi connectivity index (χ4v) is 3.96. The van der Waals surface area contributed by atoms with E-state index in [9.17, 15) is 4.79 Å². The second-order valence-electron chi connectivity index (χ2n) is 7.35. The summed E-state index contributed by atoms with van der Waals surface area (Å²) in [6, 6.07) is 15.3. The van der Waals surface area contributed by atoms with Crippen LogP contribution in [0.15, 0.2) is 52.4 Å². The summed E-state index contributed by atoms with van der Waals surface area (Å²) in [7, 11) is 0. The van der Waals surface area contributed by atoms with Crippen LogP contribution in [0.5, 0.6) is 0 Å². The predicted octanol–water partition coefficient (Wildman–Crippen LogP) is 6.35. The van der Waals surface area contributed by atoms with Crippen molar-refractivity contribution in [3.63, 3.8) is 0 Å². The van der Waals surface area contributed by atoms with Crippen molar-refractivity contribution in [2.75, 3.05) is 13.1 Å². The van der Waals surface area contributed by atoms with E-state index in [0.717, 1.165) is 17.8 Å². The first-order valence-electron chi connectivity index (χ1n) is 10.1. The van der Waals surface area contributed by atoms with Gasteiger partial charge >= 0.3 is 0 Å². The molecule has 1 saturated carbocycles. The smallest absolute Gasteiger partial charge is 0.251 e. The van der Waals surface area contributed by atoms with Crippen LogP contribution >= 0.6 is 23.2 Å². The van der Waals surface area contributed by atoms with Crippen LogP contribution < -0.4 is 5.32 Å². The Kier molecular flexibility index (Phi) is 8.30. The molecular formula is C23H25Cl2N3O. The molecule has 0 unspecified atom stereocenters. The lowest BCUT2D eigenvalue weighted by Gasteiger charge is -2.18. The first-order valence-corrected chi connectivity index (χ1v) is 10.8. The second-order valence-corrected chi connectivity index (χ2v) is 8.19. The first-order chi connectivity index (χ1) is 14.1. The molecule has 0 aliphatic heterocycles. The van der Waals surface area contributed by atoms with Crippen LogP contribution in [0, 0.1) is 5.92 Å². The summed E-state index contributed by atoms with van der Waals surface area (Å²) in [5.41, 5.74) is 2.28. The Labute approximate surface area is 182 Å². The highest BCUT2D eigenvalue weighted by molar-refractivity contribution is 6.35. The zero-order valence-electron chi connectivity index (χ0n) is 16.3. The topological polar surface area (TPSA) is 53.8 Å². The molecule has 0 saturated heterocycles. The van der Waals surface area contributed by atoms with Crippen LogP contribution in [-0.2, 0) is 6.42 Å². The van der Waals surface area contributed by atoms with Crippen molar-refractivity contribution in [3.05, 3.63) is 63.6 Å². The van der Waals surface area contributed by atoms with Gasteiger partial charge in [0.1, 0.15) is 0 Å². The third-order valence-electron chi connectivity index (χ3n) is 5.15. The maximum absolute atomic E-state index is 12.3. The molecule has 0 bridgehead atoms. The lowest BCUT2D eigenvalue weighted by atomic mass is 9.89. The molecule has 0 heterocycles. The van der Waals surface area contributed by atoms with Crippen molar-refractivity contribution >= 4 is 40.8 Å². The fraction of sp³-hybridized carbons (Fsp3) is 0.391. The molecule has 2 aromatic rings. The van der Waals surface area contributed by atoms with Crippen molar-refractivity contribution in [2.45, 2.75) is 38.5 Å². The Morgan fingerprint density at radius 1 is 1.07 bits per heavy atom. The van der Waals surface area contributed by atoms with E-state index in [1.807, 2.05) is 6.07 Å². The van der Waals surface area contributed by atoms with E-state index in [0.29, 0.717) is 34.5 Å². The molecule has 29 heavy (non-hydrogen) atoms. The molecule has 0 atom stereocenters. The molecule has 0 radical (unpaired) electrons. The molecular weight excluding hydrogens is 405 g/mol. The minimum Gasteiger partial charge on any atom is -0.352 e.